The Morgan fingerprint density at radius 1 is 1.44 bits per heavy atom. The Kier molecular flexibility index (Phi) is 6.74. The third kappa shape index (κ3) is 4.68. The number of ether oxygens (including phenoxy) is 1. The molecule has 0 N–H and O–H groups in total. The second-order valence-electron chi connectivity index (χ2n) is 5.22. The van der Waals surface area contributed by atoms with Gasteiger partial charge in [-0.1, -0.05) is 12.2 Å². The molecule has 25 heavy (non-hydrogen) atoms. The molecule has 0 unspecified atom stereocenters. The van der Waals surface area contributed by atoms with E-state index >= 15 is 0 Å². The third-order valence-corrected chi connectivity index (χ3v) is 5.58. The maximum absolute atomic E-state index is 12.2. The number of thiophene rings is 1. The molecule has 0 bridgehead atoms. The van der Waals surface area contributed by atoms with E-state index < -0.39 is 5.97 Å². The maximum Gasteiger partial charge on any atom is 0.341 e. The van der Waals surface area contributed by atoms with Crippen LogP contribution >= 0.6 is 35.3 Å². The number of hydrogen-bond donors (Lipinski definition) is 0. The number of esters is 1. The van der Waals surface area contributed by atoms with Crippen LogP contribution in [0.5, 0.6) is 0 Å². The van der Waals surface area contributed by atoms with Gasteiger partial charge in [-0.25, -0.2) is 9.79 Å². The zero-order chi connectivity index (χ0) is 18.6. The highest BCUT2D eigenvalue weighted by Crippen LogP contribution is 2.37. The van der Waals surface area contributed by atoms with Crippen molar-refractivity contribution in [1.82, 2.24) is 9.80 Å². The van der Waals surface area contributed by atoms with E-state index in [9.17, 15) is 9.59 Å². The van der Waals surface area contributed by atoms with Gasteiger partial charge in [0.2, 0.25) is 0 Å². The Hall–Kier alpha value is -1.71. The normalized spacial score (nSPS) is 16.3. The van der Waals surface area contributed by atoms with Gasteiger partial charge in [0.05, 0.1) is 23.4 Å². The van der Waals surface area contributed by atoms with Crippen LogP contribution in [0.3, 0.4) is 0 Å². The third-order valence-electron chi connectivity index (χ3n) is 3.10. The monoisotopic (exact) mass is 397 g/mol. The summed E-state index contributed by atoms with van der Waals surface area (Å²) in [6.07, 6.45) is 3.45. The first-order valence-electron chi connectivity index (χ1n) is 7.64. The number of rotatable bonds is 6. The molecular weight excluding hydrogens is 378 g/mol. The number of carbonyl (C=O) groups is 2. The van der Waals surface area contributed by atoms with E-state index in [2.05, 4.69) is 4.99 Å². The van der Waals surface area contributed by atoms with Crippen LogP contribution in [-0.4, -0.2) is 59.6 Å². The molecule has 1 saturated heterocycles. The predicted octanol–water partition coefficient (Wildman–Crippen LogP) is 4.00. The van der Waals surface area contributed by atoms with E-state index in [4.69, 9.17) is 17.0 Å². The Bertz CT molecular complexity index is 753. The van der Waals surface area contributed by atoms with Gasteiger partial charge in [0, 0.05) is 25.5 Å². The van der Waals surface area contributed by atoms with E-state index in [-0.39, 0.29) is 5.24 Å². The lowest BCUT2D eigenvalue weighted by Gasteiger charge is -2.09. The van der Waals surface area contributed by atoms with Crippen molar-refractivity contribution in [3.05, 3.63) is 21.4 Å². The minimum Gasteiger partial charge on any atom is -0.462 e. The van der Waals surface area contributed by atoms with E-state index in [0.717, 1.165) is 16.6 Å². The summed E-state index contributed by atoms with van der Waals surface area (Å²) in [5.74, 6) is -0.415. The summed E-state index contributed by atoms with van der Waals surface area (Å²) in [6.45, 7) is 4.47. The van der Waals surface area contributed by atoms with Crippen molar-refractivity contribution >= 4 is 68.9 Å². The number of nitrogens with zero attached hydrogens (tertiary/aromatic N) is 3. The molecular formula is C16H19N3O3S3. The van der Waals surface area contributed by atoms with Gasteiger partial charge in [-0.05, 0) is 37.8 Å². The summed E-state index contributed by atoms with van der Waals surface area (Å²) in [5, 5.41) is 0.485. The summed E-state index contributed by atoms with van der Waals surface area (Å²) in [4.78, 5) is 33.8. The predicted molar refractivity (Wildman–Crippen MR) is 108 cm³/mol. The number of aliphatic imine (C=N–C) groups is 1. The first-order chi connectivity index (χ1) is 11.9. The van der Waals surface area contributed by atoms with Gasteiger partial charge in [0.1, 0.15) is 9.99 Å². The van der Waals surface area contributed by atoms with E-state index in [1.807, 2.05) is 27.1 Å². The van der Waals surface area contributed by atoms with Gasteiger partial charge in [-0.15, -0.1) is 11.3 Å². The van der Waals surface area contributed by atoms with Gasteiger partial charge < -0.3 is 9.64 Å². The zero-order valence-electron chi connectivity index (χ0n) is 14.4. The average Bonchev–Trinajstić information content (AvgIpc) is 3.07. The highest BCUT2D eigenvalue weighted by molar-refractivity contribution is 8.19. The topological polar surface area (TPSA) is 62.2 Å². The van der Waals surface area contributed by atoms with Gasteiger partial charge in [0.25, 0.3) is 5.24 Å². The number of hydrogen-bond acceptors (Lipinski definition) is 7. The molecule has 6 nitrogen and oxygen atoms in total. The molecule has 1 aromatic rings. The summed E-state index contributed by atoms with van der Waals surface area (Å²) < 4.78 is 5.10. The van der Waals surface area contributed by atoms with Gasteiger partial charge in [-0.3, -0.25) is 9.69 Å². The van der Waals surface area contributed by atoms with Crippen molar-refractivity contribution in [1.29, 1.82) is 0 Å². The fourth-order valence-corrected chi connectivity index (χ4v) is 4.35. The highest BCUT2D eigenvalue weighted by atomic mass is 32.2. The maximum atomic E-state index is 12.2. The molecule has 9 heteroatoms. The van der Waals surface area contributed by atoms with E-state index in [1.54, 1.807) is 29.1 Å². The van der Waals surface area contributed by atoms with Crippen LogP contribution < -0.4 is 0 Å². The molecule has 1 aliphatic rings. The minimum absolute atomic E-state index is 0.0771. The molecule has 1 aliphatic heterocycles. The van der Waals surface area contributed by atoms with Crippen LogP contribution in [0, 0.1) is 0 Å². The van der Waals surface area contributed by atoms with E-state index in [0.29, 0.717) is 33.6 Å². The molecule has 2 heterocycles. The lowest BCUT2D eigenvalue weighted by atomic mass is 10.3. The number of thioether (sulfide) groups is 1. The Morgan fingerprint density at radius 3 is 2.72 bits per heavy atom. The van der Waals surface area contributed by atoms with Crippen LogP contribution in [0.1, 0.15) is 29.1 Å². The van der Waals surface area contributed by atoms with Crippen molar-refractivity contribution in [3.63, 3.8) is 0 Å². The summed E-state index contributed by atoms with van der Waals surface area (Å²) in [6, 6.07) is 1.72. The molecule has 0 aromatic carbocycles. The van der Waals surface area contributed by atoms with Crippen LogP contribution in [0.25, 0.3) is 6.08 Å². The molecule has 1 fully saturated rings. The highest BCUT2D eigenvalue weighted by Gasteiger charge is 2.30. The van der Waals surface area contributed by atoms with Crippen LogP contribution in [0.4, 0.5) is 9.80 Å². The first-order valence-corrected chi connectivity index (χ1v) is 9.68. The molecule has 1 amide bonds. The van der Waals surface area contributed by atoms with Gasteiger partial charge in [-0.2, -0.15) is 0 Å². The zero-order valence-corrected chi connectivity index (χ0v) is 16.9. The van der Waals surface area contributed by atoms with E-state index in [1.165, 1.54) is 11.3 Å². The Balaban J connectivity index is 2.37. The average molecular weight is 398 g/mol. The second kappa shape index (κ2) is 8.59. The molecule has 0 aliphatic carbocycles. The number of carbonyl (C=O) groups excluding carboxylic acids is 2. The molecule has 0 saturated carbocycles. The SMILES string of the molecule is CCOC(=O)c1cc(/C=C2\SC(=O)N(CC)C2=S)sc1/N=C/N(C)C. The summed E-state index contributed by atoms with van der Waals surface area (Å²) in [7, 11) is 3.70. The minimum atomic E-state index is -0.415. The Labute approximate surface area is 160 Å². The van der Waals surface area contributed by atoms with Crippen molar-refractivity contribution in [2.75, 3.05) is 27.2 Å². The van der Waals surface area contributed by atoms with Crippen molar-refractivity contribution in [3.8, 4) is 0 Å². The van der Waals surface area contributed by atoms with Crippen LogP contribution in [0.15, 0.2) is 16.0 Å². The quantitative estimate of drug-likeness (QED) is 0.238. The number of thiocarbonyl (C=S) groups is 1. The van der Waals surface area contributed by atoms with Crippen molar-refractivity contribution in [2.45, 2.75) is 13.8 Å². The first kappa shape index (κ1) is 19.6. The lowest BCUT2D eigenvalue weighted by molar-refractivity contribution is 0.0528. The summed E-state index contributed by atoms with van der Waals surface area (Å²) in [5.41, 5.74) is 0.407. The van der Waals surface area contributed by atoms with Gasteiger partial charge in [0.15, 0.2) is 0 Å². The summed E-state index contributed by atoms with van der Waals surface area (Å²) >= 11 is 7.80. The molecule has 0 atom stereocenters. The smallest absolute Gasteiger partial charge is 0.341 e. The molecule has 134 valence electrons. The molecule has 0 radical (unpaired) electrons. The fourth-order valence-electron chi connectivity index (χ4n) is 1.99. The molecule has 1 aromatic heterocycles. The molecule has 2 rings (SSSR count). The van der Waals surface area contributed by atoms with Crippen molar-refractivity contribution < 1.29 is 14.3 Å². The Morgan fingerprint density at radius 2 is 2.16 bits per heavy atom. The number of amides is 1. The second-order valence-corrected chi connectivity index (χ2v) is 7.66. The van der Waals surface area contributed by atoms with Crippen LogP contribution in [0.2, 0.25) is 0 Å². The fraction of sp³-hybridized carbons (Fsp3) is 0.375. The standard InChI is InChI=1S/C16H19N3O3S3/c1-5-19-14(23)12(25-16(19)21)8-10-7-11(15(20)22-6-2)13(24-10)17-9-18(3)4/h7-9H,5-6H2,1-4H3/b12-8-,17-9+. The lowest BCUT2D eigenvalue weighted by Crippen LogP contribution is -2.26. The van der Waals surface area contributed by atoms with Gasteiger partial charge >= 0.3 is 5.97 Å². The number of likely N-dealkylation sites (N-methyl/N-ethyl adjacent to an activating group) is 1. The van der Waals surface area contributed by atoms with Crippen molar-refractivity contribution in [2.24, 2.45) is 4.99 Å². The molecule has 0 spiro atoms. The largest absolute Gasteiger partial charge is 0.462 e. The van der Waals surface area contributed by atoms with Crippen LogP contribution in [-0.2, 0) is 4.74 Å².